The molecule has 0 saturated carbocycles. The van der Waals surface area contributed by atoms with Gasteiger partial charge in [0, 0.05) is 12.3 Å². The Labute approximate surface area is 138 Å². The highest BCUT2D eigenvalue weighted by Gasteiger charge is 2.18. The molecule has 1 atom stereocenters. The van der Waals surface area contributed by atoms with Gasteiger partial charge in [-0.05, 0) is 37.3 Å². The Morgan fingerprint density at radius 2 is 2.12 bits per heavy atom. The molecular formula is C17H16N4O3. The number of hydrogen-bond acceptors (Lipinski definition) is 5. The van der Waals surface area contributed by atoms with Gasteiger partial charge in [-0.15, -0.1) is 0 Å². The van der Waals surface area contributed by atoms with Crippen LogP contribution in [0.15, 0.2) is 64.1 Å². The lowest BCUT2D eigenvalue weighted by Gasteiger charge is -2.14. The van der Waals surface area contributed by atoms with Gasteiger partial charge in [0.1, 0.15) is 11.7 Å². The number of carbonyl (C=O) groups is 1. The van der Waals surface area contributed by atoms with Gasteiger partial charge < -0.3 is 9.73 Å². The SMILES string of the molecule is C[C@@H](C(=O)NCc1ccccn1)n1nc(-c2ccco2)ccc1=O. The third-order valence-corrected chi connectivity index (χ3v) is 3.51. The van der Waals surface area contributed by atoms with Crippen molar-refractivity contribution in [2.75, 3.05) is 0 Å². The Hall–Kier alpha value is -3.22. The second-order valence-corrected chi connectivity index (χ2v) is 5.19. The van der Waals surface area contributed by atoms with Crippen molar-refractivity contribution in [3.05, 3.63) is 71.0 Å². The lowest BCUT2D eigenvalue weighted by Crippen LogP contribution is -2.36. The highest BCUT2D eigenvalue weighted by Crippen LogP contribution is 2.16. The van der Waals surface area contributed by atoms with Crippen LogP contribution in [0, 0.1) is 0 Å². The number of carbonyl (C=O) groups excluding carboxylic acids is 1. The molecular weight excluding hydrogens is 308 g/mol. The lowest BCUT2D eigenvalue weighted by molar-refractivity contribution is -0.124. The van der Waals surface area contributed by atoms with Crippen molar-refractivity contribution < 1.29 is 9.21 Å². The van der Waals surface area contributed by atoms with Crippen LogP contribution in [0.25, 0.3) is 11.5 Å². The van der Waals surface area contributed by atoms with Crippen molar-refractivity contribution in [3.8, 4) is 11.5 Å². The molecule has 3 aromatic rings. The summed E-state index contributed by atoms with van der Waals surface area (Å²) in [4.78, 5) is 28.5. The van der Waals surface area contributed by atoms with Crippen LogP contribution in [0.5, 0.6) is 0 Å². The molecule has 0 radical (unpaired) electrons. The van der Waals surface area contributed by atoms with E-state index >= 15 is 0 Å². The van der Waals surface area contributed by atoms with Gasteiger partial charge in [-0.3, -0.25) is 14.6 Å². The van der Waals surface area contributed by atoms with Crippen LogP contribution >= 0.6 is 0 Å². The van der Waals surface area contributed by atoms with Crippen molar-refractivity contribution in [3.63, 3.8) is 0 Å². The first-order chi connectivity index (χ1) is 11.6. The minimum absolute atomic E-state index is 0.288. The average molecular weight is 324 g/mol. The molecule has 0 unspecified atom stereocenters. The largest absolute Gasteiger partial charge is 0.463 e. The third kappa shape index (κ3) is 3.40. The summed E-state index contributed by atoms with van der Waals surface area (Å²) >= 11 is 0. The van der Waals surface area contributed by atoms with Crippen LogP contribution in [0.2, 0.25) is 0 Å². The summed E-state index contributed by atoms with van der Waals surface area (Å²) in [5.74, 6) is 0.219. The molecule has 122 valence electrons. The van der Waals surface area contributed by atoms with Gasteiger partial charge in [-0.1, -0.05) is 6.07 Å². The molecule has 0 aliphatic rings. The molecule has 7 nitrogen and oxygen atoms in total. The first kappa shape index (κ1) is 15.7. The second-order valence-electron chi connectivity index (χ2n) is 5.19. The molecule has 0 aromatic carbocycles. The minimum Gasteiger partial charge on any atom is -0.463 e. The first-order valence-electron chi connectivity index (χ1n) is 7.46. The molecule has 0 saturated heterocycles. The monoisotopic (exact) mass is 324 g/mol. The van der Waals surface area contributed by atoms with Crippen molar-refractivity contribution in [1.29, 1.82) is 0 Å². The highest BCUT2D eigenvalue weighted by molar-refractivity contribution is 5.79. The fourth-order valence-electron chi connectivity index (χ4n) is 2.20. The number of nitrogens with zero attached hydrogens (tertiary/aromatic N) is 3. The Morgan fingerprint density at radius 3 is 2.83 bits per heavy atom. The maximum absolute atomic E-state index is 12.3. The number of aromatic nitrogens is 3. The topological polar surface area (TPSA) is 90.0 Å². The van der Waals surface area contributed by atoms with E-state index in [4.69, 9.17) is 4.42 Å². The lowest BCUT2D eigenvalue weighted by atomic mass is 10.2. The van der Waals surface area contributed by atoms with E-state index in [9.17, 15) is 9.59 Å². The Morgan fingerprint density at radius 1 is 1.25 bits per heavy atom. The first-order valence-corrected chi connectivity index (χ1v) is 7.46. The number of pyridine rings is 1. The Kier molecular flexibility index (Phi) is 4.51. The molecule has 0 spiro atoms. The molecule has 0 fully saturated rings. The minimum atomic E-state index is -0.754. The summed E-state index contributed by atoms with van der Waals surface area (Å²) < 4.78 is 6.42. The van der Waals surface area contributed by atoms with E-state index in [1.807, 2.05) is 12.1 Å². The average Bonchev–Trinajstić information content (AvgIpc) is 3.15. The summed E-state index contributed by atoms with van der Waals surface area (Å²) in [5, 5.41) is 6.98. The Bertz CT molecular complexity index is 872. The fraction of sp³-hybridized carbons (Fsp3) is 0.176. The van der Waals surface area contributed by atoms with Gasteiger partial charge in [-0.25, -0.2) is 4.68 Å². The molecule has 3 rings (SSSR count). The van der Waals surface area contributed by atoms with Gasteiger partial charge in [0.05, 0.1) is 18.5 Å². The third-order valence-electron chi connectivity index (χ3n) is 3.51. The van der Waals surface area contributed by atoms with Crippen LogP contribution in [0.4, 0.5) is 0 Å². The van der Waals surface area contributed by atoms with E-state index in [-0.39, 0.29) is 18.0 Å². The van der Waals surface area contributed by atoms with Gasteiger partial charge in [0.25, 0.3) is 5.56 Å². The van der Waals surface area contributed by atoms with Crippen LogP contribution in [0.1, 0.15) is 18.7 Å². The summed E-state index contributed by atoms with van der Waals surface area (Å²) in [6.07, 6.45) is 3.18. The zero-order valence-electron chi connectivity index (χ0n) is 13.0. The molecule has 0 aliphatic heterocycles. The predicted octanol–water partition coefficient (Wildman–Crippen LogP) is 1.78. The summed E-state index contributed by atoms with van der Waals surface area (Å²) in [7, 11) is 0. The van der Waals surface area contributed by atoms with E-state index in [1.165, 1.54) is 12.3 Å². The number of rotatable bonds is 5. The van der Waals surface area contributed by atoms with Crippen molar-refractivity contribution in [2.24, 2.45) is 0 Å². The molecule has 0 aliphatic carbocycles. The van der Waals surface area contributed by atoms with Crippen molar-refractivity contribution in [1.82, 2.24) is 20.1 Å². The van der Waals surface area contributed by atoms with Gasteiger partial charge in [0.15, 0.2) is 5.76 Å². The molecule has 7 heteroatoms. The molecule has 0 bridgehead atoms. The van der Waals surface area contributed by atoms with E-state index in [1.54, 1.807) is 37.4 Å². The smallest absolute Gasteiger partial charge is 0.267 e. The van der Waals surface area contributed by atoms with Crippen LogP contribution < -0.4 is 10.9 Å². The number of amides is 1. The zero-order valence-corrected chi connectivity index (χ0v) is 13.0. The van der Waals surface area contributed by atoms with E-state index in [0.29, 0.717) is 11.5 Å². The van der Waals surface area contributed by atoms with Crippen LogP contribution in [-0.2, 0) is 11.3 Å². The maximum atomic E-state index is 12.3. The van der Waals surface area contributed by atoms with Gasteiger partial charge in [-0.2, -0.15) is 5.10 Å². The summed E-state index contributed by atoms with van der Waals surface area (Å²) in [6, 6.07) is 11.1. The normalized spacial score (nSPS) is 11.9. The van der Waals surface area contributed by atoms with E-state index in [0.717, 1.165) is 10.4 Å². The predicted molar refractivity (Wildman–Crippen MR) is 87.0 cm³/mol. The van der Waals surface area contributed by atoms with Gasteiger partial charge in [0.2, 0.25) is 5.91 Å². The van der Waals surface area contributed by atoms with Gasteiger partial charge >= 0.3 is 0 Å². The zero-order chi connectivity index (χ0) is 16.9. The Balaban J connectivity index is 1.76. The second kappa shape index (κ2) is 6.91. The van der Waals surface area contributed by atoms with E-state index < -0.39 is 6.04 Å². The molecule has 3 heterocycles. The molecule has 1 amide bonds. The van der Waals surface area contributed by atoms with E-state index in [2.05, 4.69) is 15.4 Å². The highest BCUT2D eigenvalue weighted by atomic mass is 16.3. The summed E-state index contributed by atoms with van der Waals surface area (Å²) in [5.41, 5.74) is 0.873. The molecule has 3 aromatic heterocycles. The van der Waals surface area contributed by atoms with Crippen molar-refractivity contribution in [2.45, 2.75) is 19.5 Å². The molecule has 1 N–H and O–H groups in total. The van der Waals surface area contributed by atoms with Crippen LogP contribution in [0.3, 0.4) is 0 Å². The van der Waals surface area contributed by atoms with Crippen LogP contribution in [-0.4, -0.2) is 20.7 Å². The molecule has 24 heavy (non-hydrogen) atoms. The van der Waals surface area contributed by atoms with Crippen molar-refractivity contribution >= 4 is 5.91 Å². The standard InChI is InChI=1S/C17H16N4O3/c1-12(17(23)19-11-13-5-2-3-9-18-13)21-16(22)8-7-14(20-21)15-6-4-10-24-15/h2-10,12H,11H2,1H3,(H,19,23)/t12-/m0/s1. The summed E-state index contributed by atoms with van der Waals surface area (Å²) in [6.45, 7) is 1.91. The fourth-order valence-corrected chi connectivity index (χ4v) is 2.20. The number of nitrogens with one attached hydrogen (secondary N) is 1. The number of hydrogen-bond donors (Lipinski definition) is 1. The number of furan rings is 1. The maximum Gasteiger partial charge on any atom is 0.267 e. The quantitative estimate of drug-likeness (QED) is 0.772.